The summed E-state index contributed by atoms with van der Waals surface area (Å²) in [5.74, 6) is 0.717. The highest BCUT2D eigenvalue weighted by molar-refractivity contribution is 7.89. The van der Waals surface area contributed by atoms with Gasteiger partial charge in [0.25, 0.3) is 0 Å². The predicted molar refractivity (Wildman–Crippen MR) is 120 cm³/mol. The van der Waals surface area contributed by atoms with Crippen molar-refractivity contribution < 1.29 is 22.7 Å². The second-order valence-corrected chi connectivity index (χ2v) is 9.17. The maximum atomic E-state index is 12.8. The zero-order valence-corrected chi connectivity index (χ0v) is 18.8. The number of benzene rings is 2. The van der Waals surface area contributed by atoms with Crippen LogP contribution in [0.25, 0.3) is 6.08 Å². The Hall–Kier alpha value is -3.35. The standard InChI is InChI=1S/C23H25N3O5S/c1-18-3-7-20(8-4-18)32(28,29)26-14-12-25(13-15-26)23(27)10-6-19-5-9-21(31-16-11-24)22(17-19)30-2/h3-10,17H,12-16H2,1-2H3/b10-6+. The lowest BCUT2D eigenvalue weighted by atomic mass is 10.2. The minimum Gasteiger partial charge on any atom is -0.493 e. The summed E-state index contributed by atoms with van der Waals surface area (Å²) >= 11 is 0. The average Bonchev–Trinajstić information content (AvgIpc) is 2.81. The molecule has 0 aromatic heterocycles. The van der Waals surface area contributed by atoms with Crippen LogP contribution < -0.4 is 9.47 Å². The molecule has 9 heteroatoms. The van der Waals surface area contributed by atoms with Crippen LogP contribution >= 0.6 is 0 Å². The maximum Gasteiger partial charge on any atom is 0.246 e. The van der Waals surface area contributed by atoms with Gasteiger partial charge in [0.05, 0.1) is 12.0 Å². The van der Waals surface area contributed by atoms with Crippen LogP contribution in [0.15, 0.2) is 53.4 Å². The van der Waals surface area contributed by atoms with Crippen molar-refractivity contribution in [3.8, 4) is 17.6 Å². The molecular formula is C23H25N3O5S. The summed E-state index contributed by atoms with van der Waals surface area (Å²) in [6.45, 7) is 2.94. The van der Waals surface area contributed by atoms with Crippen molar-refractivity contribution in [1.82, 2.24) is 9.21 Å². The van der Waals surface area contributed by atoms with Crippen LogP contribution in [0.1, 0.15) is 11.1 Å². The van der Waals surface area contributed by atoms with Gasteiger partial charge in [-0.05, 0) is 42.8 Å². The number of nitriles is 1. The van der Waals surface area contributed by atoms with E-state index in [0.29, 0.717) is 24.6 Å². The van der Waals surface area contributed by atoms with E-state index in [2.05, 4.69) is 0 Å². The summed E-state index contributed by atoms with van der Waals surface area (Å²) in [4.78, 5) is 14.5. The zero-order valence-electron chi connectivity index (χ0n) is 18.0. The van der Waals surface area contributed by atoms with Gasteiger partial charge >= 0.3 is 0 Å². The minimum atomic E-state index is -3.57. The van der Waals surface area contributed by atoms with Gasteiger partial charge in [-0.2, -0.15) is 9.57 Å². The maximum absolute atomic E-state index is 12.8. The molecule has 8 nitrogen and oxygen atoms in total. The fourth-order valence-corrected chi connectivity index (χ4v) is 4.72. The quantitative estimate of drug-likeness (QED) is 0.595. The Kier molecular flexibility index (Phi) is 7.51. The predicted octanol–water partition coefficient (Wildman–Crippen LogP) is 2.45. The monoisotopic (exact) mass is 455 g/mol. The Morgan fingerprint density at radius 1 is 1.09 bits per heavy atom. The highest BCUT2D eigenvalue weighted by Crippen LogP contribution is 2.28. The second kappa shape index (κ2) is 10.3. The third-order valence-electron chi connectivity index (χ3n) is 5.11. The van der Waals surface area contributed by atoms with Gasteiger partial charge in [-0.1, -0.05) is 23.8 Å². The number of aryl methyl sites for hydroxylation is 1. The van der Waals surface area contributed by atoms with E-state index in [-0.39, 0.29) is 30.5 Å². The molecule has 0 bridgehead atoms. The lowest BCUT2D eigenvalue weighted by Gasteiger charge is -2.33. The molecule has 0 unspecified atom stereocenters. The Morgan fingerprint density at radius 2 is 1.78 bits per heavy atom. The molecule has 168 valence electrons. The average molecular weight is 456 g/mol. The minimum absolute atomic E-state index is 0.0877. The van der Waals surface area contributed by atoms with E-state index >= 15 is 0 Å². The van der Waals surface area contributed by atoms with E-state index < -0.39 is 10.0 Å². The van der Waals surface area contributed by atoms with Gasteiger partial charge < -0.3 is 14.4 Å². The molecule has 1 aliphatic heterocycles. The molecule has 0 N–H and O–H groups in total. The molecule has 0 spiro atoms. The van der Waals surface area contributed by atoms with Crippen molar-refractivity contribution in [3.05, 3.63) is 59.7 Å². The number of methoxy groups -OCH3 is 1. The Bertz CT molecular complexity index is 1130. The Labute approximate surface area is 188 Å². The van der Waals surface area contributed by atoms with Gasteiger partial charge in [-0.3, -0.25) is 4.79 Å². The van der Waals surface area contributed by atoms with Crippen molar-refractivity contribution in [2.45, 2.75) is 11.8 Å². The van der Waals surface area contributed by atoms with Crippen LogP contribution in [0.5, 0.6) is 11.5 Å². The topological polar surface area (TPSA) is 99.9 Å². The van der Waals surface area contributed by atoms with Crippen molar-refractivity contribution in [3.63, 3.8) is 0 Å². The molecule has 1 aliphatic rings. The van der Waals surface area contributed by atoms with Crippen LogP contribution in [-0.4, -0.2) is 63.4 Å². The number of rotatable bonds is 7. The fraction of sp³-hybridized carbons (Fsp3) is 0.304. The first-order valence-corrected chi connectivity index (χ1v) is 11.5. The van der Waals surface area contributed by atoms with E-state index in [1.807, 2.05) is 13.0 Å². The SMILES string of the molecule is COc1cc(/C=C/C(=O)N2CCN(S(=O)(=O)c3ccc(C)cc3)CC2)ccc1OCC#N. The zero-order chi connectivity index (χ0) is 23.1. The van der Waals surface area contributed by atoms with E-state index in [1.54, 1.807) is 53.4 Å². The van der Waals surface area contributed by atoms with Crippen LogP contribution in [0, 0.1) is 18.3 Å². The van der Waals surface area contributed by atoms with Crippen LogP contribution in [-0.2, 0) is 14.8 Å². The Morgan fingerprint density at radius 3 is 2.41 bits per heavy atom. The molecule has 1 heterocycles. The van der Waals surface area contributed by atoms with Gasteiger partial charge in [-0.15, -0.1) is 0 Å². The fourth-order valence-electron chi connectivity index (χ4n) is 3.30. The second-order valence-electron chi connectivity index (χ2n) is 7.23. The summed E-state index contributed by atoms with van der Waals surface area (Å²) in [5.41, 5.74) is 1.73. The molecule has 32 heavy (non-hydrogen) atoms. The third kappa shape index (κ3) is 5.46. The number of ether oxygens (including phenoxy) is 2. The number of piperazine rings is 1. The molecule has 1 amide bonds. The molecule has 1 fully saturated rings. The van der Waals surface area contributed by atoms with Gasteiger partial charge in [-0.25, -0.2) is 8.42 Å². The summed E-state index contributed by atoms with van der Waals surface area (Å²) in [6, 6.07) is 13.8. The molecule has 1 saturated heterocycles. The lowest BCUT2D eigenvalue weighted by Crippen LogP contribution is -2.50. The molecule has 3 rings (SSSR count). The number of amides is 1. The summed E-state index contributed by atoms with van der Waals surface area (Å²) in [5, 5.41) is 8.64. The number of carbonyl (C=O) groups excluding carboxylic acids is 1. The first-order chi connectivity index (χ1) is 15.3. The van der Waals surface area contributed by atoms with Crippen molar-refractivity contribution in [2.24, 2.45) is 0 Å². The largest absolute Gasteiger partial charge is 0.493 e. The third-order valence-corrected chi connectivity index (χ3v) is 7.02. The first-order valence-electron chi connectivity index (χ1n) is 10.1. The van der Waals surface area contributed by atoms with E-state index in [0.717, 1.165) is 11.1 Å². The number of hydrogen-bond donors (Lipinski definition) is 0. The summed E-state index contributed by atoms with van der Waals surface area (Å²) in [7, 11) is -2.07. The highest BCUT2D eigenvalue weighted by Gasteiger charge is 2.29. The van der Waals surface area contributed by atoms with Gasteiger partial charge in [0.2, 0.25) is 15.9 Å². The van der Waals surface area contributed by atoms with E-state index in [1.165, 1.54) is 17.5 Å². The van der Waals surface area contributed by atoms with Crippen LogP contribution in [0.4, 0.5) is 0 Å². The first kappa shape index (κ1) is 23.3. The molecule has 0 atom stereocenters. The smallest absolute Gasteiger partial charge is 0.246 e. The van der Waals surface area contributed by atoms with Crippen molar-refractivity contribution in [1.29, 1.82) is 5.26 Å². The molecule has 2 aromatic rings. The van der Waals surface area contributed by atoms with E-state index in [9.17, 15) is 13.2 Å². The molecular weight excluding hydrogens is 430 g/mol. The summed E-state index contributed by atoms with van der Waals surface area (Å²) < 4.78 is 37.6. The summed E-state index contributed by atoms with van der Waals surface area (Å²) in [6.07, 6.45) is 3.11. The van der Waals surface area contributed by atoms with Gasteiger partial charge in [0.15, 0.2) is 18.1 Å². The van der Waals surface area contributed by atoms with Gasteiger partial charge in [0.1, 0.15) is 6.07 Å². The molecule has 0 radical (unpaired) electrons. The molecule has 0 saturated carbocycles. The molecule has 0 aliphatic carbocycles. The van der Waals surface area contributed by atoms with Crippen LogP contribution in [0.2, 0.25) is 0 Å². The molecule has 2 aromatic carbocycles. The number of hydrogen-bond acceptors (Lipinski definition) is 6. The number of carbonyl (C=O) groups is 1. The van der Waals surface area contributed by atoms with Crippen molar-refractivity contribution >= 4 is 22.0 Å². The number of nitrogens with zero attached hydrogens (tertiary/aromatic N) is 3. The normalized spacial score (nSPS) is 14.8. The van der Waals surface area contributed by atoms with Crippen LogP contribution in [0.3, 0.4) is 0 Å². The number of sulfonamides is 1. The Balaban J connectivity index is 1.60. The van der Waals surface area contributed by atoms with Crippen molar-refractivity contribution in [2.75, 3.05) is 39.9 Å². The highest BCUT2D eigenvalue weighted by atomic mass is 32.2. The lowest BCUT2D eigenvalue weighted by molar-refractivity contribution is -0.127. The van der Waals surface area contributed by atoms with Gasteiger partial charge in [0, 0.05) is 32.3 Å². The van der Waals surface area contributed by atoms with E-state index in [4.69, 9.17) is 14.7 Å².